The van der Waals surface area contributed by atoms with Crippen molar-refractivity contribution in [2.45, 2.75) is 44.9 Å². The average molecular weight is 288 g/mol. The highest BCUT2D eigenvalue weighted by atomic mass is 16.2. The monoisotopic (exact) mass is 288 g/mol. The summed E-state index contributed by atoms with van der Waals surface area (Å²) in [6, 6.07) is 7.48. The third-order valence-electron chi connectivity index (χ3n) is 4.08. The van der Waals surface area contributed by atoms with Crippen molar-refractivity contribution in [3.05, 3.63) is 29.8 Å². The Labute approximate surface area is 126 Å². The minimum Gasteiger partial charge on any atom is -0.359 e. The second kappa shape index (κ2) is 7.81. The number of anilines is 1. The van der Waals surface area contributed by atoms with Crippen molar-refractivity contribution in [3.8, 4) is 0 Å². The van der Waals surface area contributed by atoms with Crippen LogP contribution in [0.3, 0.4) is 0 Å². The zero-order valence-electron chi connectivity index (χ0n) is 12.7. The molecule has 0 spiro atoms. The van der Waals surface area contributed by atoms with Crippen molar-refractivity contribution in [1.29, 1.82) is 0 Å². The van der Waals surface area contributed by atoms with Crippen molar-refractivity contribution in [2.75, 3.05) is 12.4 Å². The zero-order valence-corrected chi connectivity index (χ0v) is 12.7. The van der Waals surface area contributed by atoms with Gasteiger partial charge in [0.05, 0.1) is 6.42 Å². The first-order valence-corrected chi connectivity index (χ1v) is 7.77. The first kappa shape index (κ1) is 15.5. The highest BCUT2D eigenvalue weighted by Crippen LogP contribution is 2.26. The van der Waals surface area contributed by atoms with Gasteiger partial charge in [-0.05, 0) is 36.5 Å². The molecule has 0 saturated heterocycles. The van der Waals surface area contributed by atoms with Crippen molar-refractivity contribution < 1.29 is 9.59 Å². The predicted octanol–water partition coefficient (Wildman–Crippen LogP) is 2.88. The molecule has 1 aromatic carbocycles. The molecular weight excluding hydrogens is 264 g/mol. The number of rotatable bonds is 5. The summed E-state index contributed by atoms with van der Waals surface area (Å²) in [6.45, 7) is 0. The number of hydrogen-bond acceptors (Lipinski definition) is 2. The molecule has 4 nitrogen and oxygen atoms in total. The van der Waals surface area contributed by atoms with Crippen LogP contribution in [0, 0.1) is 5.92 Å². The second-order valence-corrected chi connectivity index (χ2v) is 5.80. The van der Waals surface area contributed by atoms with E-state index < -0.39 is 0 Å². The Bertz CT molecular complexity index is 476. The highest BCUT2D eigenvalue weighted by molar-refractivity contribution is 5.90. The largest absolute Gasteiger partial charge is 0.359 e. The van der Waals surface area contributed by atoms with E-state index in [0.29, 0.717) is 18.8 Å². The molecule has 0 aromatic heterocycles. The fourth-order valence-electron chi connectivity index (χ4n) is 2.85. The van der Waals surface area contributed by atoms with Gasteiger partial charge in [-0.25, -0.2) is 0 Å². The van der Waals surface area contributed by atoms with Gasteiger partial charge in [-0.3, -0.25) is 9.59 Å². The van der Waals surface area contributed by atoms with Gasteiger partial charge >= 0.3 is 0 Å². The van der Waals surface area contributed by atoms with E-state index >= 15 is 0 Å². The third kappa shape index (κ3) is 5.21. The fraction of sp³-hybridized carbons (Fsp3) is 0.529. The topological polar surface area (TPSA) is 58.2 Å². The number of carbonyl (C=O) groups excluding carboxylic acids is 2. The summed E-state index contributed by atoms with van der Waals surface area (Å²) in [4.78, 5) is 23.3. The predicted molar refractivity (Wildman–Crippen MR) is 84.0 cm³/mol. The molecule has 2 N–H and O–H groups in total. The van der Waals surface area contributed by atoms with Gasteiger partial charge in [0.25, 0.3) is 0 Å². The van der Waals surface area contributed by atoms with E-state index in [1.165, 1.54) is 32.1 Å². The van der Waals surface area contributed by atoms with E-state index in [0.717, 1.165) is 11.3 Å². The number of hydrogen-bond donors (Lipinski definition) is 2. The lowest BCUT2D eigenvalue weighted by Crippen LogP contribution is -2.20. The third-order valence-corrected chi connectivity index (χ3v) is 4.08. The van der Waals surface area contributed by atoms with Crippen molar-refractivity contribution in [1.82, 2.24) is 5.32 Å². The highest BCUT2D eigenvalue weighted by Gasteiger charge is 2.17. The zero-order chi connectivity index (χ0) is 15.1. The number of likely N-dealkylation sites (N-methyl/N-ethyl adjacent to an activating group) is 1. The van der Waals surface area contributed by atoms with E-state index in [1.54, 1.807) is 7.05 Å². The van der Waals surface area contributed by atoms with Gasteiger partial charge in [-0.1, -0.05) is 31.4 Å². The molecule has 1 aromatic rings. The minimum absolute atomic E-state index is 0.0101. The molecule has 0 radical (unpaired) electrons. The van der Waals surface area contributed by atoms with Crippen LogP contribution in [0.4, 0.5) is 5.69 Å². The Hall–Kier alpha value is -1.84. The molecule has 0 heterocycles. The summed E-state index contributed by atoms with van der Waals surface area (Å²) in [7, 11) is 1.63. The molecule has 1 aliphatic carbocycles. The Balaban J connectivity index is 1.81. The van der Waals surface area contributed by atoms with Gasteiger partial charge in [0.15, 0.2) is 0 Å². The fourth-order valence-corrected chi connectivity index (χ4v) is 2.85. The maximum atomic E-state index is 12.0. The first-order chi connectivity index (χ1) is 10.2. The summed E-state index contributed by atoms with van der Waals surface area (Å²) < 4.78 is 0. The molecule has 1 saturated carbocycles. The van der Waals surface area contributed by atoms with E-state index in [2.05, 4.69) is 10.6 Å². The second-order valence-electron chi connectivity index (χ2n) is 5.80. The van der Waals surface area contributed by atoms with Crippen LogP contribution in [0.2, 0.25) is 0 Å². The summed E-state index contributed by atoms with van der Waals surface area (Å²) in [5.41, 5.74) is 1.75. The lowest BCUT2D eigenvalue weighted by Gasteiger charge is -2.20. The van der Waals surface area contributed by atoms with Gasteiger partial charge in [0.2, 0.25) is 11.8 Å². The van der Waals surface area contributed by atoms with Crippen LogP contribution in [-0.4, -0.2) is 18.9 Å². The molecule has 114 valence electrons. The van der Waals surface area contributed by atoms with Crippen LogP contribution in [0.5, 0.6) is 0 Å². The van der Waals surface area contributed by atoms with Gasteiger partial charge in [-0.2, -0.15) is 0 Å². The van der Waals surface area contributed by atoms with E-state index in [-0.39, 0.29) is 11.8 Å². The summed E-state index contributed by atoms with van der Waals surface area (Å²) in [5, 5.41) is 5.54. The van der Waals surface area contributed by atoms with Crippen LogP contribution < -0.4 is 10.6 Å². The standard InChI is InChI=1S/C17H24N2O2/c1-18-16(20)11-14-7-9-15(10-8-14)19-17(21)12-13-5-3-2-4-6-13/h7-10,13H,2-6,11-12H2,1H3,(H,18,20)(H,19,21). The van der Waals surface area contributed by atoms with Gasteiger partial charge in [0.1, 0.15) is 0 Å². The molecule has 0 atom stereocenters. The number of benzene rings is 1. The van der Waals surface area contributed by atoms with Crippen LogP contribution in [0.15, 0.2) is 24.3 Å². The lowest BCUT2D eigenvalue weighted by molar-refractivity contribution is -0.120. The Kier molecular flexibility index (Phi) is 5.78. The van der Waals surface area contributed by atoms with Gasteiger partial charge < -0.3 is 10.6 Å². The van der Waals surface area contributed by atoms with Crippen LogP contribution >= 0.6 is 0 Å². The van der Waals surface area contributed by atoms with E-state index in [9.17, 15) is 9.59 Å². The molecule has 4 heteroatoms. The molecule has 2 rings (SSSR count). The molecule has 1 fully saturated rings. The molecule has 0 unspecified atom stereocenters. The van der Waals surface area contributed by atoms with Crippen molar-refractivity contribution in [2.24, 2.45) is 5.92 Å². The Morgan fingerprint density at radius 3 is 2.33 bits per heavy atom. The summed E-state index contributed by atoms with van der Waals surface area (Å²) >= 11 is 0. The molecular formula is C17H24N2O2. The van der Waals surface area contributed by atoms with Crippen LogP contribution in [0.25, 0.3) is 0 Å². The van der Waals surface area contributed by atoms with E-state index in [4.69, 9.17) is 0 Å². The number of nitrogens with one attached hydrogen (secondary N) is 2. The SMILES string of the molecule is CNC(=O)Cc1ccc(NC(=O)CC2CCCCC2)cc1. The summed E-state index contributed by atoms with van der Waals surface area (Å²) in [5.74, 6) is 0.635. The molecule has 21 heavy (non-hydrogen) atoms. The Morgan fingerprint density at radius 2 is 1.71 bits per heavy atom. The molecule has 2 amide bonds. The number of amides is 2. The van der Waals surface area contributed by atoms with Gasteiger partial charge in [-0.15, -0.1) is 0 Å². The summed E-state index contributed by atoms with van der Waals surface area (Å²) in [6.07, 6.45) is 7.17. The first-order valence-electron chi connectivity index (χ1n) is 7.77. The van der Waals surface area contributed by atoms with Crippen molar-refractivity contribution in [3.63, 3.8) is 0 Å². The average Bonchev–Trinajstić information content (AvgIpc) is 2.50. The smallest absolute Gasteiger partial charge is 0.224 e. The molecule has 1 aliphatic rings. The van der Waals surface area contributed by atoms with Crippen LogP contribution in [-0.2, 0) is 16.0 Å². The van der Waals surface area contributed by atoms with Crippen molar-refractivity contribution >= 4 is 17.5 Å². The van der Waals surface area contributed by atoms with Crippen LogP contribution in [0.1, 0.15) is 44.1 Å². The molecule has 0 bridgehead atoms. The van der Waals surface area contributed by atoms with E-state index in [1.807, 2.05) is 24.3 Å². The normalized spacial score (nSPS) is 15.5. The number of carbonyl (C=O) groups is 2. The Morgan fingerprint density at radius 1 is 1.05 bits per heavy atom. The molecule has 0 aliphatic heterocycles. The lowest BCUT2D eigenvalue weighted by atomic mass is 9.87. The minimum atomic E-state index is -0.0101. The van der Waals surface area contributed by atoms with Gasteiger partial charge in [0, 0.05) is 19.2 Å². The maximum Gasteiger partial charge on any atom is 0.224 e. The quantitative estimate of drug-likeness (QED) is 0.875. The maximum absolute atomic E-state index is 12.0.